The second kappa shape index (κ2) is 5.96. The van der Waals surface area contributed by atoms with Crippen molar-refractivity contribution >= 4 is 22.6 Å². The normalized spacial score (nSPS) is 34.2. The minimum absolute atomic E-state index is 0.0525. The van der Waals surface area contributed by atoms with Gasteiger partial charge in [-0.25, -0.2) is 8.78 Å². The number of ether oxygens (including phenoxy) is 3. The highest BCUT2D eigenvalue weighted by Crippen LogP contribution is 2.45. The third kappa shape index (κ3) is 3.02. The Morgan fingerprint density at radius 2 is 2.00 bits per heavy atom. The summed E-state index contributed by atoms with van der Waals surface area (Å²) in [7, 11) is 0. The molecule has 1 aromatic carbocycles. The molecule has 3 nitrogen and oxygen atoms in total. The molecule has 0 amide bonds. The first kappa shape index (κ1) is 16.5. The van der Waals surface area contributed by atoms with Crippen LogP contribution >= 0.6 is 22.6 Å². The minimum atomic E-state index is -0.723. The van der Waals surface area contributed by atoms with Gasteiger partial charge in [0, 0.05) is 22.0 Å². The van der Waals surface area contributed by atoms with Gasteiger partial charge >= 0.3 is 0 Å². The van der Waals surface area contributed by atoms with Crippen molar-refractivity contribution in [1.29, 1.82) is 0 Å². The molecule has 2 aliphatic rings. The monoisotopic (exact) mass is 424 g/mol. The zero-order valence-corrected chi connectivity index (χ0v) is 14.7. The van der Waals surface area contributed by atoms with Gasteiger partial charge in [-0.2, -0.15) is 0 Å². The van der Waals surface area contributed by atoms with Crippen molar-refractivity contribution < 1.29 is 23.0 Å². The molecule has 0 saturated carbocycles. The Kier molecular flexibility index (Phi) is 4.48. The molecule has 2 fully saturated rings. The first-order chi connectivity index (χ1) is 10.4. The fourth-order valence-electron chi connectivity index (χ4n) is 3.21. The summed E-state index contributed by atoms with van der Waals surface area (Å²) in [6.07, 6.45) is 0.589. The van der Waals surface area contributed by atoms with Crippen LogP contribution in [0.1, 0.15) is 25.8 Å². The maximum atomic E-state index is 14.2. The highest BCUT2D eigenvalue weighted by molar-refractivity contribution is 14.1. The van der Waals surface area contributed by atoms with E-state index in [4.69, 9.17) is 14.2 Å². The van der Waals surface area contributed by atoms with Gasteiger partial charge in [-0.1, -0.05) is 28.7 Å². The first-order valence-electron chi connectivity index (χ1n) is 7.32. The van der Waals surface area contributed by atoms with Crippen LogP contribution in [0.15, 0.2) is 18.2 Å². The summed E-state index contributed by atoms with van der Waals surface area (Å²) in [6.45, 7) is 4.77. The van der Waals surface area contributed by atoms with E-state index in [-0.39, 0.29) is 12.0 Å². The fraction of sp³-hybridized carbons (Fsp3) is 0.625. The van der Waals surface area contributed by atoms with E-state index in [1.807, 2.05) is 13.8 Å². The minimum Gasteiger partial charge on any atom is -0.369 e. The molecular weight excluding hydrogens is 405 g/mol. The predicted octanol–water partition coefficient (Wildman–Crippen LogP) is 3.78. The zero-order chi connectivity index (χ0) is 16.0. The lowest BCUT2D eigenvalue weighted by Gasteiger charge is -2.28. The molecule has 3 rings (SSSR count). The van der Waals surface area contributed by atoms with E-state index in [1.165, 1.54) is 12.1 Å². The molecule has 0 radical (unpaired) electrons. The predicted molar refractivity (Wildman–Crippen MR) is 85.9 cm³/mol. The molecule has 0 bridgehead atoms. The van der Waals surface area contributed by atoms with Crippen molar-refractivity contribution in [2.75, 3.05) is 17.6 Å². The van der Waals surface area contributed by atoms with Gasteiger partial charge in [0.15, 0.2) is 5.79 Å². The van der Waals surface area contributed by atoms with Crippen molar-refractivity contribution in [3.8, 4) is 0 Å². The SMILES string of the molecule is CC1(C)OCC([C@@H]2CO[C@@](CI)(c3ccc(F)cc3F)C2)O1. The lowest BCUT2D eigenvalue weighted by Crippen LogP contribution is -2.30. The maximum absolute atomic E-state index is 14.2. The lowest BCUT2D eigenvalue weighted by molar-refractivity contribution is -0.144. The number of alkyl halides is 1. The van der Waals surface area contributed by atoms with E-state index in [2.05, 4.69) is 22.6 Å². The molecule has 22 heavy (non-hydrogen) atoms. The zero-order valence-electron chi connectivity index (χ0n) is 12.6. The molecule has 0 N–H and O–H groups in total. The largest absolute Gasteiger partial charge is 0.369 e. The average molecular weight is 424 g/mol. The van der Waals surface area contributed by atoms with E-state index >= 15 is 0 Å². The van der Waals surface area contributed by atoms with Crippen LogP contribution in [0.4, 0.5) is 8.78 Å². The Morgan fingerprint density at radius 3 is 2.59 bits per heavy atom. The van der Waals surface area contributed by atoms with Gasteiger partial charge in [0.1, 0.15) is 17.2 Å². The van der Waals surface area contributed by atoms with Gasteiger partial charge in [0.05, 0.1) is 19.3 Å². The highest BCUT2D eigenvalue weighted by atomic mass is 127. The summed E-state index contributed by atoms with van der Waals surface area (Å²) in [5.41, 5.74) is -0.303. The molecule has 0 aliphatic carbocycles. The molecule has 1 aromatic rings. The number of hydrogen-bond donors (Lipinski definition) is 0. The summed E-state index contributed by atoms with van der Waals surface area (Å²) in [5.74, 6) is -1.57. The Hall–Kier alpha value is -0.310. The van der Waals surface area contributed by atoms with E-state index in [1.54, 1.807) is 0 Å². The summed E-state index contributed by atoms with van der Waals surface area (Å²) < 4.78 is 45.4. The molecular formula is C16H19F2IO3. The molecule has 2 saturated heterocycles. The van der Waals surface area contributed by atoms with Gasteiger partial charge in [-0.15, -0.1) is 0 Å². The first-order valence-corrected chi connectivity index (χ1v) is 8.85. The lowest BCUT2D eigenvalue weighted by atomic mass is 9.86. The van der Waals surface area contributed by atoms with Crippen LogP contribution in [-0.2, 0) is 19.8 Å². The summed E-state index contributed by atoms with van der Waals surface area (Å²) in [5, 5.41) is 0. The Bertz CT molecular complexity index is 566. The maximum Gasteiger partial charge on any atom is 0.163 e. The van der Waals surface area contributed by atoms with Crippen LogP contribution in [-0.4, -0.2) is 29.5 Å². The van der Waals surface area contributed by atoms with Crippen LogP contribution in [0.25, 0.3) is 0 Å². The number of halogens is 3. The molecule has 6 heteroatoms. The van der Waals surface area contributed by atoms with Gasteiger partial charge < -0.3 is 14.2 Å². The second-order valence-electron chi connectivity index (χ2n) is 6.39. The van der Waals surface area contributed by atoms with Crippen molar-refractivity contribution in [2.45, 2.75) is 37.8 Å². The van der Waals surface area contributed by atoms with Crippen LogP contribution in [0.3, 0.4) is 0 Å². The standard InChI is InChI=1S/C16H19F2IO3/c1-15(2)20-8-14(22-15)10-6-16(9-19,21-7-10)12-4-3-11(17)5-13(12)18/h3-5,10,14H,6-9H2,1-2H3/t10-,14?,16-/m0/s1. The Labute approximate surface area is 142 Å². The molecule has 2 heterocycles. The van der Waals surface area contributed by atoms with Gasteiger partial charge in [-0.3, -0.25) is 0 Å². The molecule has 0 spiro atoms. The van der Waals surface area contributed by atoms with Gasteiger partial charge in [-0.05, 0) is 26.3 Å². The van der Waals surface area contributed by atoms with Crippen molar-refractivity contribution in [1.82, 2.24) is 0 Å². The number of rotatable bonds is 3. The van der Waals surface area contributed by atoms with Crippen molar-refractivity contribution in [2.24, 2.45) is 5.92 Å². The smallest absolute Gasteiger partial charge is 0.163 e. The van der Waals surface area contributed by atoms with E-state index < -0.39 is 23.0 Å². The Morgan fingerprint density at radius 1 is 1.23 bits per heavy atom. The second-order valence-corrected chi connectivity index (χ2v) is 7.16. The fourth-order valence-corrected chi connectivity index (χ4v) is 4.15. The van der Waals surface area contributed by atoms with Crippen molar-refractivity contribution in [3.63, 3.8) is 0 Å². The van der Waals surface area contributed by atoms with Crippen molar-refractivity contribution in [3.05, 3.63) is 35.4 Å². The molecule has 3 atom stereocenters. The average Bonchev–Trinajstić information content (AvgIpc) is 3.03. The number of hydrogen-bond acceptors (Lipinski definition) is 3. The number of benzene rings is 1. The third-order valence-corrected chi connectivity index (χ3v) is 5.59. The van der Waals surface area contributed by atoms with Gasteiger partial charge in [0.25, 0.3) is 0 Å². The van der Waals surface area contributed by atoms with Crippen LogP contribution in [0.2, 0.25) is 0 Å². The van der Waals surface area contributed by atoms with E-state index in [0.29, 0.717) is 29.6 Å². The van der Waals surface area contributed by atoms with Crippen LogP contribution in [0, 0.1) is 17.6 Å². The summed E-state index contributed by atoms with van der Waals surface area (Å²) >= 11 is 2.19. The quantitative estimate of drug-likeness (QED) is 0.546. The molecule has 1 unspecified atom stereocenters. The van der Waals surface area contributed by atoms with Crippen LogP contribution < -0.4 is 0 Å². The molecule has 2 aliphatic heterocycles. The highest BCUT2D eigenvalue weighted by Gasteiger charge is 2.48. The molecule has 122 valence electrons. The Balaban J connectivity index is 1.81. The molecule has 0 aromatic heterocycles. The van der Waals surface area contributed by atoms with Gasteiger partial charge in [0.2, 0.25) is 0 Å². The topological polar surface area (TPSA) is 27.7 Å². The van der Waals surface area contributed by atoms with E-state index in [0.717, 1.165) is 6.07 Å². The summed E-state index contributed by atoms with van der Waals surface area (Å²) in [4.78, 5) is 0. The third-order valence-electron chi connectivity index (χ3n) is 4.36. The van der Waals surface area contributed by atoms with E-state index in [9.17, 15) is 8.78 Å². The van der Waals surface area contributed by atoms with Crippen LogP contribution in [0.5, 0.6) is 0 Å². The summed E-state index contributed by atoms with van der Waals surface area (Å²) in [6, 6.07) is 3.68.